The Kier molecular flexibility index (Phi) is 5.36. The molecule has 0 amide bonds. The fraction of sp³-hybridized carbons (Fsp3) is 0.727. The van der Waals surface area contributed by atoms with E-state index < -0.39 is 0 Å². The molecule has 1 rings (SSSR count). The zero-order chi connectivity index (χ0) is 11.1. The van der Waals surface area contributed by atoms with Gasteiger partial charge in [-0.3, -0.25) is 0 Å². The van der Waals surface area contributed by atoms with Gasteiger partial charge in [-0.15, -0.1) is 0 Å². The third-order valence-electron chi connectivity index (χ3n) is 2.17. The van der Waals surface area contributed by atoms with E-state index in [2.05, 4.69) is 24.1 Å². The molecule has 0 fully saturated rings. The van der Waals surface area contributed by atoms with E-state index in [-0.39, 0.29) is 0 Å². The summed E-state index contributed by atoms with van der Waals surface area (Å²) >= 11 is 0. The van der Waals surface area contributed by atoms with Crippen LogP contribution in [0.15, 0.2) is 12.5 Å². The van der Waals surface area contributed by atoms with Crippen LogP contribution in [0.2, 0.25) is 0 Å². The van der Waals surface area contributed by atoms with E-state index in [0.717, 1.165) is 26.1 Å². The summed E-state index contributed by atoms with van der Waals surface area (Å²) in [7, 11) is 2.01. The molecule has 1 N–H and O–H groups in total. The van der Waals surface area contributed by atoms with Crippen LogP contribution in [0.25, 0.3) is 0 Å². The highest BCUT2D eigenvalue weighted by Gasteiger charge is 1.97. The summed E-state index contributed by atoms with van der Waals surface area (Å²) in [4.78, 5) is 4.06. The second-order valence-corrected chi connectivity index (χ2v) is 3.95. The molecule has 0 atom stereocenters. The molecule has 4 nitrogen and oxygen atoms in total. The van der Waals surface area contributed by atoms with Gasteiger partial charge in [0.1, 0.15) is 0 Å². The number of hydrogen-bond acceptors (Lipinski definition) is 3. The van der Waals surface area contributed by atoms with Crippen molar-refractivity contribution < 1.29 is 4.74 Å². The van der Waals surface area contributed by atoms with Crippen molar-refractivity contribution in [2.24, 2.45) is 7.05 Å². The minimum Gasteiger partial charge on any atom is -0.379 e. The van der Waals surface area contributed by atoms with Crippen molar-refractivity contribution in [3.8, 4) is 0 Å². The summed E-state index contributed by atoms with van der Waals surface area (Å²) in [5, 5.41) is 3.36. The van der Waals surface area contributed by atoms with E-state index in [1.807, 2.05) is 24.1 Å². The third kappa shape index (κ3) is 4.95. The van der Waals surface area contributed by atoms with Crippen LogP contribution in [0.4, 0.5) is 0 Å². The van der Waals surface area contributed by atoms with Gasteiger partial charge in [-0.2, -0.15) is 0 Å². The van der Waals surface area contributed by atoms with Crippen molar-refractivity contribution in [2.45, 2.75) is 32.9 Å². The largest absolute Gasteiger partial charge is 0.379 e. The van der Waals surface area contributed by atoms with Gasteiger partial charge in [-0.25, -0.2) is 4.98 Å². The number of imidazole rings is 1. The molecule has 1 aromatic rings. The van der Waals surface area contributed by atoms with Gasteiger partial charge in [0.15, 0.2) is 0 Å². The summed E-state index contributed by atoms with van der Waals surface area (Å²) in [6, 6.07) is 0. The first-order chi connectivity index (χ1) is 7.20. The van der Waals surface area contributed by atoms with Crippen molar-refractivity contribution >= 4 is 0 Å². The van der Waals surface area contributed by atoms with Crippen LogP contribution >= 0.6 is 0 Å². The Labute approximate surface area is 91.7 Å². The van der Waals surface area contributed by atoms with Crippen LogP contribution in [0.5, 0.6) is 0 Å². The maximum Gasteiger partial charge on any atom is 0.0945 e. The predicted octanol–water partition coefficient (Wildman–Crippen LogP) is 1.32. The quantitative estimate of drug-likeness (QED) is 0.691. The van der Waals surface area contributed by atoms with Crippen LogP contribution in [0.3, 0.4) is 0 Å². The first-order valence-corrected chi connectivity index (χ1v) is 5.47. The van der Waals surface area contributed by atoms with E-state index in [9.17, 15) is 0 Å². The molecule has 0 saturated heterocycles. The Morgan fingerprint density at radius 2 is 2.33 bits per heavy atom. The normalized spacial score (nSPS) is 11.2. The van der Waals surface area contributed by atoms with Gasteiger partial charge >= 0.3 is 0 Å². The number of rotatable bonds is 7. The molecule has 0 aliphatic rings. The van der Waals surface area contributed by atoms with Gasteiger partial charge in [0, 0.05) is 26.4 Å². The standard InChI is InChI=1S/C11H21N3O/c1-10(2)15-6-4-5-12-7-11-8-13-9-14(11)3/h8-10,12H,4-7H2,1-3H3. The summed E-state index contributed by atoms with van der Waals surface area (Å²) in [6.07, 6.45) is 5.09. The lowest BCUT2D eigenvalue weighted by Crippen LogP contribution is -2.18. The second-order valence-electron chi connectivity index (χ2n) is 3.95. The number of hydrogen-bond donors (Lipinski definition) is 1. The highest BCUT2D eigenvalue weighted by molar-refractivity contribution is 4.96. The highest BCUT2D eigenvalue weighted by Crippen LogP contribution is 1.95. The van der Waals surface area contributed by atoms with Gasteiger partial charge in [-0.05, 0) is 26.8 Å². The first-order valence-electron chi connectivity index (χ1n) is 5.47. The number of aromatic nitrogens is 2. The molecule has 0 unspecified atom stereocenters. The van der Waals surface area contributed by atoms with Crippen LogP contribution in [-0.2, 0) is 18.3 Å². The van der Waals surface area contributed by atoms with Gasteiger partial charge in [0.2, 0.25) is 0 Å². The SMILES string of the molecule is CC(C)OCCCNCc1cncn1C. The number of nitrogens with one attached hydrogen (secondary N) is 1. The topological polar surface area (TPSA) is 39.1 Å². The molecule has 0 bridgehead atoms. The zero-order valence-corrected chi connectivity index (χ0v) is 9.86. The molecule has 0 aliphatic carbocycles. The van der Waals surface area contributed by atoms with E-state index in [1.54, 1.807) is 0 Å². The van der Waals surface area contributed by atoms with Crippen LogP contribution < -0.4 is 5.32 Å². The van der Waals surface area contributed by atoms with E-state index in [1.165, 1.54) is 5.69 Å². The van der Waals surface area contributed by atoms with Crippen LogP contribution in [0.1, 0.15) is 26.0 Å². The van der Waals surface area contributed by atoms with Crippen molar-refractivity contribution in [3.05, 3.63) is 18.2 Å². The summed E-state index contributed by atoms with van der Waals surface area (Å²) < 4.78 is 7.47. The van der Waals surface area contributed by atoms with Crippen molar-refractivity contribution in [2.75, 3.05) is 13.2 Å². The molecule has 0 spiro atoms. The Balaban J connectivity index is 2.00. The Hall–Kier alpha value is -0.870. The number of nitrogens with zero attached hydrogens (tertiary/aromatic N) is 2. The second kappa shape index (κ2) is 6.58. The smallest absolute Gasteiger partial charge is 0.0945 e. The Bertz CT molecular complexity index is 271. The fourth-order valence-corrected chi connectivity index (χ4v) is 1.29. The van der Waals surface area contributed by atoms with E-state index in [4.69, 9.17) is 4.74 Å². The molecule has 1 aromatic heterocycles. The van der Waals surface area contributed by atoms with Gasteiger partial charge < -0.3 is 14.6 Å². The van der Waals surface area contributed by atoms with Gasteiger partial charge in [0.05, 0.1) is 18.1 Å². The number of aryl methyl sites for hydroxylation is 1. The van der Waals surface area contributed by atoms with Crippen molar-refractivity contribution in [1.29, 1.82) is 0 Å². The molecular formula is C11H21N3O. The summed E-state index contributed by atoms with van der Waals surface area (Å²) in [6.45, 7) is 6.80. The fourth-order valence-electron chi connectivity index (χ4n) is 1.29. The van der Waals surface area contributed by atoms with Crippen LogP contribution in [-0.4, -0.2) is 28.8 Å². The molecule has 1 heterocycles. The monoisotopic (exact) mass is 211 g/mol. The van der Waals surface area contributed by atoms with Crippen molar-refractivity contribution in [3.63, 3.8) is 0 Å². The molecule has 0 aliphatic heterocycles. The lowest BCUT2D eigenvalue weighted by molar-refractivity contribution is 0.0770. The lowest BCUT2D eigenvalue weighted by atomic mass is 10.4. The molecule has 0 saturated carbocycles. The highest BCUT2D eigenvalue weighted by atomic mass is 16.5. The average molecular weight is 211 g/mol. The first kappa shape index (κ1) is 12.2. The van der Waals surface area contributed by atoms with E-state index in [0.29, 0.717) is 6.10 Å². The van der Waals surface area contributed by atoms with Gasteiger partial charge in [-0.1, -0.05) is 0 Å². The zero-order valence-electron chi connectivity index (χ0n) is 9.86. The predicted molar refractivity (Wildman–Crippen MR) is 60.6 cm³/mol. The third-order valence-corrected chi connectivity index (χ3v) is 2.17. The molecule has 4 heteroatoms. The minimum absolute atomic E-state index is 0.335. The summed E-state index contributed by atoms with van der Waals surface area (Å²) in [5.74, 6) is 0. The summed E-state index contributed by atoms with van der Waals surface area (Å²) in [5.41, 5.74) is 1.21. The molecule has 15 heavy (non-hydrogen) atoms. The minimum atomic E-state index is 0.335. The number of ether oxygens (including phenoxy) is 1. The lowest BCUT2D eigenvalue weighted by Gasteiger charge is -2.08. The molecule has 0 radical (unpaired) electrons. The van der Waals surface area contributed by atoms with Crippen molar-refractivity contribution in [1.82, 2.24) is 14.9 Å². The average Bonchev–Trinajstić information content (AvgIpc) is 2.57. The molecule has 0 aromatic carbocycles. The Morgan fingerprint density at radius 1 is 1.53 bits per heavy atom. The van der Waals surface area contributed by atoms with Crippen LogP contribution in [0, 0.1) is 0 Å². The van der Waals surface area contributed by atoms with Gasteiger partial charge in [0.25, 0.3) is 0 Å². The Morgan fingerprint density at radius 3 is 2.93 bits per heavy atom. The maximum atomic E-state index is 5.45. The van der Waals surface area contributed by atoms with E-state index >= 15 is 0 Å². The molecular weight excluding hydrogens is 190 g/mol. The maximum absolute atomic E-state index is 5.45. The molecule has 86 valence electrons.